The van der Waals surface area contributed by atoms with Crippen molar-refractivity contribution in [3.63, 3.8) is 0 Å². The lowest BCUT2D eigenvalue weighted by Gasteiger charge is -2.22. The van der Waals surface area contributed by atoms with Gasteiger partial charge in [0.2, 0.25) is 0 Å². The van der Waals surface area contributed by atoms with Crippen LogP contribution in [-0.2, 0) is 5.54 Å². The second-order valence-electron chi connectivity index (χ2n) is 4.31. The highest BCUT2D eigenvalue weighted by atomic mass is 15.1. The lowest BCUT2D eigenvalue weighted by atomic mass is 9.95. The lowest BCUT2D eigenvalue weighted by Crippen LogP contribution is -2.34. The molecule has 0 aromatic carbocycles. The first-order chi connectivity index (χ1) is 7.30. The normalized spacial score (nSPS) is 19.8. The van der Waals surface area contributed by atoms with Crippen LogP contribution in [0.4, 0.5) is 0 Å². The van der Waals surface area contributed by atoms with Crippen LogP contribution in [-0.4, -0.2) is 14.4 Å². The molecule has 3 rings (SSSR count). The molecule has 2 heterocycles. The van der Waals surface area contributed by atoms with E-state index in [1.165, 1.54) is 12.8 Å². The van der Waals surface area contributed by atoms with Crippen LogP contribution in [0.25, 0.3) is 5.65 Å². The van der Waals surface area contributed by atoms with Gasteiger partial charge in [0, 0.05) is 12.4 Å². The van der Waals surface area contributed by atoms with Crippen molar-refractivity contribution in [1.82, 2.24) is 14.4 Å². The van der Waals surface area contributed by atoms with Crippen LogP contribution in [0.15, 0.2) is 24.8 Å². The fourth-order valence-electron chi connectivity index (χ4n) is 2.47. The first-order valence-electron chi connectivity index (χ1n) is 5.36. The molecule has 2 N–H and O–H groups in total. The first-order valence-corrected chi connectivity index (χ1v) is 5.36. The van der Waals surface area contributed by atoms with Crippen molar-refractivity contribution in [2.24, 2.45) is 5.73 Å². The molecule has 4 heteroatoms. The molecule has 78 valence electrons. The maximum Gasteiger partial charge on any atom is 0.155 e. The molecule has 0 spiro atoms. The minimum Gasteiger partial charge on any atom is -0.320 e. The van der Waals surface area contributed by atoms with Gasteiger partial charge in [0.1, 0.15) is 0 Å². The van der Waals surface area contributed by atoms with Crippen LogP contribution >= 0.6 is 0 Å². The fraction of sp³-hybridized carbons (Fsp3) is 0.455. The van der Waals surface area contributed by atoms with E-state index in [1.807, 2.05) is 12.4 Å². The second-order valence-corrected chi connectivity index (χ2v) is 4.31. The van der Waals surface area contributed by atoms with Gasteiger partial charge in [-0.25, -0.2) is 4.98 Å². The second kappa shape index (κ2) is 3.03. The molecule has 1 aliphatic rings. The van der Waals surface area contributed by atoms with E-state index in [0.29, 0.717) is 0 Å². The van der Waals surface area contributed by atoms with Crippen LogP contribution < -0.4 is 5.73 Å². The summed E-state index contributed by atoms with van der Waals surface area (Å²) < 4.78 is 2.05. The third-order valence-corrected chi connectivity index (χ3v) is 3.32. The van der Waals surface area contributed by atoms with Crippen molar-refractivity contribution in [3.8, 4) is 0 Å². The first kappa shape index (κ1) is 8.85. The monoisotopic (exact) mass is 202 g/mol. The Bertz CT molecular complexity index is 482. The largest absolute Gasteiger partial charge is 0.320 e. The molecule has 2 aromatic rings. The van der Waals surface area contributed by atoms with Gasteiger partial charge >= 0.3 is 0 Å². The molecule has 15 heavy (non-hydrogen) atoms. The van der Waals surface area contributed by atoms with E-state index in [2.05, 4.69) is 14.4 Å². The number of nitrogens with two attached hydrogens (primary N) is 1. The van der Waals surface area contributed by atoms with Crippen molar-refractivity contribution >= 4 is 5.65 Å². The summed E-state index contributed by atoms with van der Waals surface area (Å²) in [5.41, 5.74) is 8.23. The fourth-order valence-corrected chi connectivity index (χ4v) is 2.47. The minimum absolute atomic E-state index is 0.180. The SMILES string of the molecule is NC1(c2cnc3cnccn23)CCCC1. The predicted octanol–water partition coefficient (Wildman–Crippen LogP) is 1.46. The van der Waals surface area contributed by atoms with E-state index in [-0.39, 0.29) is 5.54 Å². The third kappa shape index (κ3) is 1.25. The molecule has 4 nitrogen and oxygen atoms in total. The number of hydrogen-bond donors (Lipinski definition) is 1. The van der Waals surface area contributed by atoms with Gasteiger partial charge in [-0.1, -0.05) is 12.8 Å². The Labute approximate surface area is 88.1 Å². The van der Waals surface area contributed by atoms with E-state index in [9.17, 15) is 0 Å². The Morgan fingerprint density at radius 2 is 2.07 bits per heavy atom. The van der Waals surface area contributed by atoms with Gasteiger partial charge in [-0.3, -0.25) is 9.38 Å². The van der Waals surface area contributed by atoms with Crippen LogP contribution in [0.3, 0.4) is 0 Å². The predicted molar refractivity (Wildman–Crippen MR) is 57.3 cm³/mol. The molecular formula is C11H14N4. The quantitative estimate of drug-likeness (QED) is 0.761. The molecule has 0 bridgehead atoms. The Balaban J connectivity index is 2.18. The van der Waals surface area contributed by atoms with Gasteiger partial charge < -0.3 is 5.73 Å². The number of fused-ring (bicyclic) bond motifs is 1. The maximum atomic E-state index is 6.41. The summed E-state index contributed by atoms with van der Waals surface area (Å²) in [6, 6.07) is 0. The molecule has 2 aromatic heterocycles. The lowest BCUT2D eigenvalue weighted by molar-refractivity contribution is 0.444. The summed E-state index contributed by atoms with van der Waals surface area (Å²) in [5, 5.41) is 0. The molecule has 0 amide bonds. The third-order valence-electron chi connectivity index (χ3n) is 3.32. The molecule has 0 saturated heterocycles. The smallest absolute Gasteiger partial charge is 0.155 e. The Morgan fingerprint density at radius 3 is 2.87 bits per heavy atom. The highest BCUT2D eigenvalue weighted by Crippen LogP contribution is 2.36. The Hall–Kier alpha value is -1.42. The standard InChI is InChI=1S/C11H14N4/c12-11(3-1-2-4-11)9-7-14-10-8-13-5-6-15(9)10/h5-8H,1-4,12H2. The van der Waals surface area contributed by atoms with Gasteiger partial charge in [0.05, 0.1) is 23.6 Å². The average Bonchev–Trinajstić information content (AvgIpc) is 2.84. The highest BCUT2D eigenvalue weighted by Gasteiger charge is 2.33. The number of imidazole rings is 1. The van der Waals surface area contributed by atoms with Gasteiger partial charge in [-0.05, 0) is 12.8 Å². The molecule has 1 fully saturated rings. The zero-order chi connectivity index (χ0) is 10.3. The number of hydrogen-bond acceptors (Lipinski definition) is 3. The number of aromatic nitrogens is 3. The Morgan fingerprint density at radius 1 is 1.27 bits per heavy atom. The summed E-state index contributed by atoms with van der Waals surface area (Å²) >= 11 is 0. The molecule has 0 aliphatic heterocycles. The summed E-state index contributed by atoms with van der Waals surface area (Å²) in [4.78, 5) is 8.38. The van der Waals surface area contributed by atoms with Crippen LogP contribution in [0, 0.1) is 0 Å². The van der Waals surface area contributed by atoms with Crippen LogP contribution in [0.2, 0.25) is 0 Å². The topological polar surface area (TPSA) is 56.2 Å². The van der Waals surface area contributed by atoms with E-state index >= 15 is 0 Å². The zero-order valence-electron chi connectivity index (χ0n) is 8.56. The molecule has 0 unspecified atom stereocenters. The molecule has 1 aliphatic carbocycles. The van der Waals surface area contributed by atoms with Gasteiger partial charge in [-0.15, -0.1) is 0 Å². The zero-order valence-corrected chi connectivity index (χ0v) is 8.56. The van der Waals surface area contributed by atoms with E-state index in [4.69, 9.17) is 5.73 Å². The van der Waals surface area contributed by atoms with Crippen LogP contribution in [0.1, 0.15) is 31.4 Å². The van der Waals surface area contributed by atoms with Crippen molar-refractivity contribution in [2.45, 2.75) is 31.2 Å². The molecular weight excluding hydrogens is 188 g/mol. The molecule has 0 atom stereocenters. The Kier molecular flexibility index (Phi) is 1.79. The summed E-state index contributed by atoms with van der Waals surface area (Å²) in [7, 11) is 0. The number of rotatable bonds is 1. The van der Waals surface area contributed by atoms with E-state index < -0.39 is 0 Å². The summed E-state index contributed by atoms with van der Waals surface area (Å²) in [6.45, 7) is 0. The van der Waals surface area contributed by atoms with Crippen molar-refractivity contribution < 1.29 is 0 Å². The summed E-state index contributed by atoms with van der Waals surface area (Å²) in [6.07, 6.45) is 11.9. The van der Waals surface area contributed by atoms with Gasteiger partial charge in [-0.2, -0.15) is 0 Å². The van der Waals surface area contributed by atoms with E-state index in [0.717, 1.165) is 24.2 Å². The highest BCUT2D eigenvalue weighted by molar-refractivity contribution is 5.39. The van der Waals surface area contributed by atoms with Gasteiger partial charge in [0.25, 0.3) is 0 Å². The van der Waals surface area contributed by atoms with E-state index in [1.54, 1.807) is 12.4 Å². The van der Waals surface area contributed by atoms with Gasteiger partial charge in [0.15, 0.2) is 5.65 Å². The minimum atomic E-state index is -0.180. The summed E-state index contributed by atoms with van der Waals surface area (Å²) in [5.74, 6) is 0. The molecule has 1 saturated carbocycles. The van der Waals surface area contributed by atoms with Crippen molar-refractivity contribution in [1.29, 1.82) is 0 Å². The van der Waals surface area contributed by atoms with Crippen molar-refractivity contribution in [2.75, 3.05) is 0 Å². The number of nitrogens with zero attached hydrogens (tertiary/aromatic N) is 3. The molecule has 0 radical (unpaired) electrons. The van der Waals surface area contributed by atoms with Crippen LogP contribution in [0.5, 0.6) is 0 Å². The average molecular weight is 202 g/mol. The van der Waals surface area contributed by atoms with Crippen molar-refractivity contribution in [3.05, 3.63) is 30.5 Å². The maximum absolute atomic E-state index is 6.41.